The normalized spacial score (nSPS) is 10.9. The Morgan fingerprint density at radius 1 is 1.00 bits per heavy atom. The van der Waals surface area contributed by atoms with Crippen molar-refractivity contribution < 1.29 is 9.47 Å². The third kappa shape index (κ3) is 3.53. The fourth-order valence-corrected chi connectivity index (χ4v) is 2.80. The molecule has 0 atom stereocenters. The molecule has 4 nitrogen and oxygen atoms in total. The standard InChI is InChI=1S/C20H24N2O2/c1-3-4-5-8-14-24-19-15(10-9-13-18(19)23-2)20-21-16-11-6-7-12-17(16)22-20/h6-7,9-13H,3-5,8,14H2,1-2H3,(H,21,22). The van der Waals surface area contributed by atoms with Gasteiger partial charge in [-0.05, 0) is 30.7 Å². The van der Waals surface area contributed by atoms with Crippen molar-refractivity contribution in [2.45, 2.75) is 32.6 Å². The maximum Gasteiger partial charge on any atom is 0.172 e. The van der Waals surface area contributed by atoms with Gasteiger partial charge in [0.1, 0.15) is 5.82 Å². The summed E-state index contributed by atoms with van der Waals surface area (Å²) in [5, 5.41) is 0. The number of ether oxygens (including phenoxy) is 2. The number of H-pyrrole nitrogens is 1. The molecule has 1 N–H and O–H groups in total. The van der Waals surface area contributed by atoms with Gasteiger partial charge < -0.3 is 14.5 Å². The Kier molecular flexibility index (Phi) is 5.36. The number of hydrogen-bond donors (Lipinski definition) is 1. The zero-order chi connectivity index (χ0) is 16.8. The second kappa shape index (κ2) is 7.86. The number of para-hydroxylation sites is 3. The van der Waals surface area contributed by atoms with E-state index in [2.05, 4.69) is 16.9 Å². The van der Waals surface area contributed by atoms with Crippen LogP contribution in [0.1, 0.15) is 32.6 Å². The minimum Gasteiger partial charge on any atom is -0.493 e. The van der Waals surface area contributed by atoms with E-state index in [1.54, 1.807) is 7.11 Å². The Morgan fingerprint density at radius 3 is 2.67 bits per heavy atom. The molecule has 0 aliphatic rings. The molecule has 0 saturated heterocycles. The number of unbranched alkanes of at least 4 members (excludes halogenated alkanes) is 3. The molecule has 24 heavy (non-hydrogen) atoms. The Balaban J connectivity index is 1.88. The fraction of sp³-hybridized carbons (Fsp3) is 0.350. The van der Waals surface area contributed by atoms with Gasteiger partial charge in [0.05, 0.1) is 30.3 Å². The van der Waals surface area contributed by atoms with Crippen molar-refractivity contribution >= 4 is 11.0 Å². The molecule has 126 valence electrons. The lowest BCUT2D eigenvalue weighted by molar-refractivity contribution is 0.286. The van der Waals surface area contributed by atoms with E-state index in [9.17, 15) is 0 Å². The number of methoxy groups -OCH3 is 1. The number of nitrogens with zero attached hydrogens (tertiary/aromatic N) is 1. The van der Waals surface area contributed by atoms with Crippen LogP contribution in [0.3, 0.4) is 0 Å². The van der Waals surface area contributed by atoms with Gasteiger partial charge in [-0.25, -0.2) is 4.98 Å². The van der Waals surface area contributed by atoms with E-state index in [4.69, 9.17) is 9.47 Å². The van der Waals surface area contributed by atoms with Crippen molar-refractivity contribution in [2.75, 3.05) is 13.7 Å². The molecule has 0 saturated carbocycles. The molecule has 0 aliphatic carbocycles. The number of rotatable bonds is 8. The van der Waals surface area contributed by atoms with E-state index in [1.165, 1.54) is 19.3 Å². The fourth-order valence-electron chi connectivity index (χ4n) is 2.80. The summed E-state index contributed by atoms with van der Waals surface area (Å²) in [5.41, 5.74) is 2.90. The average Bonchev–Trinajstić information content (AvgIpc) is 3.05. The molecule has 0 spiro atoms. The molecule has 0 radical (unpaired) electrons. The van der Waals surface area contributed by atoms with Crippen LogP contribution in [0, 0.1) is 0 Å². The van der Waals surface area contributed by atoms with Gasteiger partial charge in [0.15, 0.2) is 11.5 Å². The molecule has 1 aromatic heterocycles. The van der Waals surface area contributed by atoms with Crippen molar-refractivity contribution in [2.24, 2.45) is 0 Å². The lowest BCUT2D eigenvalue weighted by Crippen LogP contribution is -2.01. The Morgan fingerprint density at radius 2 is 1.88 bits per heavy atom. The number of benzene rings is 2. The Bertz CT molecular complexity index is 762. The summed E-state index contributed by atoms with van der Waals surface area (Å²) >= 11 is 0. The van der Waals surface area contributed by atoms with Gasteiger partial charge in [0.2, 0.25) is 0 Å². The van der Waals surface area contributed by atoms with Crippen LogP contribution < -0.4 is 9.47 Å². The van der Waals surface area contributed by atoms with Gasteiger partial charge in [0.25, 0.3) is 0 Å². The van der Waals surface area contributed by atoms with Crippen molar-refractivity contribution in [1.82, 2.24) is 9.97 Å². The van der Waals surface area contributed by atoms with Crippen LogP contribution in [0.2, 0.25) is 0 Å². The highest BCUT2D eigenvalue weighted by molar-refractivity contribution is 5.81. The van der Waals surface area contributed by atoms with E-state index in [0.717, 1.165) is 40.3 Å². The predicted octanol–water partition coefficient (Wildman–Crippen LogP) is 5.20. The number of fused-ring (bicyclic) bond motifs is 1. The van der Waals surface area contributed by atoms with E-state index < -0.39 is 0 Å². The van der Waals surface area contributed by atoms with Crippen LogP contribution in [-0.4, -0.2) is 23.7 Å². The van der Waals surface area contributed by atoms with Crippen LogP contribution in [0.4, 0.5) is 0 Å². The van der Waals surface area contributed by atoms with Crippen molar-refractivity contribution in [3.63, 3.8) is 0 Å². The number of aromatic nitrogens is 2. The topological polar surface area (TPSA) is 47.1 Å². The molecule has 2 aromatic carbocycles. The first-order valence-electron chi connectivity index (χ1n) is 8.58. The lowest BCUT2D eigenvalue weighted by atomic mass is 10.1. The maximum absolute atomic E-state index is 6.07. The average molecular weight is 324 g/mol. The van der Waals surface area contributed by atoms with Gasteiger partial charge in [-0.3, -0.25) is 0 Å². The third-order valence-electron chi connectivity index (χ3n) is 4.09. The Labute approximate surface area is 142 Å². The van der Waals surface area contributed by atoms with E-state index in [0.29, 0.717) is 6.61 Å². The van der Waals surface area contributed by atoms with E-state index in [1.807, 2.05) is 42.5 Å². The highest BCUT2D eigenvalue weighted by Crippen LogP contribution is 2.37. The first-order valence-corrected chi connectivity index (χ1v) is 8.58. The molecular formula is C20H24N2O2. The van der Waals surface area contributed by atoms with Crippen LogP contribution >= 0.6 is 0 Å². The van der Waals surface area contributed by atoms with Crippen molar-refractivity contribution in [3.8, 4) is 22.9 Å². The zero-order valence-corrected chi connectivity index (χ0v) is 14.3. The van der Waals surface area contributed by atoms with Crippen molar-refractivity contribution in [1.29, 1.82) is 0 Å². The molecule has 0 unspecified atom stereocenters. The monoisotopic (exact) mass is 324 g/mol. The largest absolute Gasteiger partial charge is 0.493 e. The molecule has 1 heterocycles. The number of imidazole rings is 1. The highest BCUT2D eigenvalue weighted by atomic mass is 16.5. The summed E-state index contributed by atoms with van der Waals surface area (Å²) in [6.45, 7) is 2.90. The van der Waals surface area contributed by atoms with Gasteiger partial charge >= 0.3 is 0 Å². The number of nitrogens with one attached hydrogen (secondary N) is 1. The van der Waals surface area contributed by atoms with E-state index in [-0.39, 0.29) is 0 Å². The first-order chi connectivity index (χ1) is 11.8. The van der Waals surface area contributed by atoms with E-state index >= 15 is 0 Å². The van der Waals surface area contributed by atoms with Crippen LogP contribution in [-0.2, 0) is 0 Å². The smallest absolute Gasteiger partial charge is 0.172 e. The maximum atomic E-state index is 6.07. The van der Waals surface area contributed by atoms with Gasteiger partial charge in [-0.15, -0.1) is 0 Å². The SMILES string of the molecule is CCCCCCOc1c(OC)cccc1-c1nc2ccccc2[nH]1. The molecule has 0 fully saturated rings. The summed E-state index contributed by atoms with van der Waals surface area (Å²) in [7, 11) is 1.67. The Hall–Kier alpha value is -2.49. The summed E-state index contributed by atoms with van der Waals surface area (Å²) in [5.74, 6) is 2.30. The van der Waals surface area contributed by atoms with Gasteiger partial charge in [0, 0.05) is 0 Å². The zero-order valence-electron chi connectivity index (χ0n) is 14.3. The molecule has 3 aromatic rings. The quantitative estimate of drug-likeness (QED) is 0.579. The molecule has 0 amide bonds. The molecule has 3 rings (SSSR count). The third-order valence-corrected chi connectivity index (χ3v) is 4.09. The first kappa shape index (κ1) is 16.4. The molecular weight excluding hydrogens is 300 g/mol. The van der Waals surface area contributed by atoms with Gasteiger partial charge in [-0.2, -0.15) is 0 Å². The summed E-state index contributed by atoms with van der Waals surface area (Å²) in [4.78, 5) is 8.05. The second-order valence-electron chi connectivity index (χ2n) is 5.85. The summed E-state index contributed by atoms with van der Waals surface area (Å²) in [6, 6.07) is 13.9. The van der Waals surface area contributed by atoms with Gasteiger partial charge in [-0.1, -0.05) is 44.4 Å². The highest BCUT2D eigenvalue weighted by Gasteiger charge is 2.15. The van der Waals surface area contributed by atoms with Crippen LogP contribution in [0.25, 0.3) is 22.4 Å². The summed E-state index contributed by atoms with van der Waals surface area (Å²) < 4.78 is 11.6. The minimum atomic E-state index is 0.688. The van der Waals surface area contributed by atoms with Crippen LogP contribution in [0.5, 0.6) is 11.5 Å². The number of hydrogen-bond acceptors (Lipinski definition) is 3. The minimum absolute atomic E-state index is 0.688. The molecule has 0 aliphatic heterocycles. The number of aromatic amines is 1. The van der Waals surface area contributed by atoms with Crippen molar-refractivity contribution in [3.05, 3.63) is 42.5 Å². The predicted molar refractivity (Wildman–Crippen MR) is 97.7 cm³/mol. The molecule has 0 bridgehead atoms. The lowest BCUT2D eigenvalue weighted by Gasteiger charge is -2.14. The summed E-state index contributed by atoms with van der Waals surface area (Å²) in [6.07, 6.45) is 4.70. The van der Waals surface area contributed by atoms with Crippen LogP contribution in [0.15, 0.2) is 42.5 Å². The molecule has 4 heteroatoms. The second-order valence-corrected chi connectivity index (χ2v) is 5.85.